The van der Waals surface area contributed by atoms with Crippen molar-refractivity contribution < 1.29 is 9.18 Å². The first-order valence-corrected chi connectivity index (χ1v) is 6.98. The molecule has 98 valence electrons. The van der Waals surface area contributed by atoms with E-state index in [9.17, 15) is 9.18 Å². The molecule has 1 unspecified atom stereocenters. The maximum atomic E-state index is 13.7. The molecule has 0 bridgehead atoms. The van der Waals surface area contributed by atoms with Crippen LogP contribution in [0, 0.1) is 17.7 Å². The average molecular weight is 314 g/mol. The Labute approximate surface area is 115 Å². The fourth-order valence-electron chi connectivity index (χ4n) is 2.26. The van der Waals surface area contributed by atoms with E-state index in [1.54, 1.807) is 17.0 Å². The predicted octanol–water partition coefficient (Wildman–Crippen LogP) is 3.59. The number of rotatable bonds is 3. The molecular weight excluding hydrogens is 297 g/mol. The van der Waals surface area contributed by atoms with E-state index in [4.69, 9.17) is 0 Å². The maximum Gasteiger partial charge on any atom is 0.223 e. The van der Waals surface area contributed by atoms with Gasteiger partial charge in [-0.15, -0.1) is 0 Å². The first-order chi connectivity index (χ1) is 8.47. The molecule has 18 heavy (non-hydrogen) atoms. The van der Waals surface area contributed by atoms with Crippen molar-refractivity contribution in [3.05, 3.63) is 34.1 Å². The lowest BCUT2D eigenvalue weighted by Gasteiger charge is -2.18. The Kier molecular flexibility index (Phi) is 4.05. The van der Waals surface area contributed by atoms with Crippen LogP contribution in [0.25, 0.3) is 0 Å². The molecule has 0 radical (unpaired) electrons. The molecule has 0 spiro atoms. The highest BCUT2D eigenvalue weighted by molar-refractivity contribution is 9.10. The summed E-state index contributed by atoms with van der Waals surface area (Å²) in [5.41, 5.74) is 0.580. The van der Waals surface area contributed by atoms with Gasteiger partial charge in [-0.1, -0.05) is 35.8 Å². The lowest BCUT2D eigenvalue weighted by atomic mass is 9.95. The van der Waals surface area contributed by atoms with Crippen molar-refractivity contribution in [2.24, 2.45) is 11.8 Å². The van der Waals surface area contributed by atoms with Crippen molar-refractivity contribution in [3.63, 3.8) is 0 Å². The van der Waals surface area contributed by atoms with Crippen LogP contribution in [0.4, 0.5) is 4.39 Å². The smallest absolute Gasteiger partial charge is 0.223 e. The third-order valence-corrected chi connectivity index (χ3v) is 4.06. The molecule has 1 aromatic carbocycles. The Morgan fingerprint density at radius 2 is 2.22 bits per heavy atom. The largest absolute Gasteiger partial charge is 0.338 e. The molecule has 0 aliphatic carbocycles. The van der Waals surface area contributed by atoms with Crippen LogP contribution in [0.15, 0.2) is 22.7 Å². The zero-order valence-corrected chi connectivity index (χ0v) is 12.2. The number of carbonyl (C=O) groups excluding carboxylic acids is 1. The Balaban J connectivity index is 2.08. The lowest BCUT2D eigenvalue weighted by molar-refractivity contribution is -0.128. The minimum atomic E-state index is -0.259. The molecule has 0 aromatic heterocycles. The molecule has 1 amide bonds. The van der Waals surface area contributed by atoms with Crippen molar-refractivity contribution >= 4 is 21.8 Å². The van der Waals surface area contributed by atoms with E-state index < -0.39 is 0 Å². The summed E-state index contributed by atoms with van der Waals surface area (Å²) in [4.78, 5) is 13.6. The van der Waals surface area contributed by atoms with Gasteiger partial charge >= 0.3 is 0 Å². The highest BCUT2D eigenvalue weighted by Gasteiger charge is 2.31. The van der Waals surface area contributed by atoms with Crippen molar-refractivity contribution in [1.82, 2.24) is 4.90 Å². The molecule has 1 fully saturated rings. The molecule has 1 aliphatic rings. The SMILES string of the molecule is CC(C)C1CC(=O)N(Cc2ccc(Br)cc2F)C1. The number of amides is 1. The van der Waals surface area contributed by atoms with Crippen LogP contribution in [0.1, 0.15) is 25.8 Å². The van der Waals surface area contributed by atoms with Gasteiger partial charge < -0.3 is 4.90 Å². The summed E-state index contributed by atoms with van der Waals surface area (Å²) in [5.74, 6) is 0.769. The molecular formula is C14H17BrFNO. The van der Waals surface area contributed by atoms with Crippen molar-refractivity contribution in [3.8, 4) is 0 Å². The number of hydrogen-bond donors (Lipinski definition) is 0. The first kappa shape index (κ1) is 13.5. The fourth-order valence-corrected chi connectivity index (χ4v) is 2.59. The van der Waals surface area contributed by atoms with E-state index in [0.717, 1.165) is 11.0 Å². The second-order valence-electron chi connectivity index (χ2n) is 5.22. The van der Waals surface area contributed by atoms with Crippen molar-refractivity contribution in [2.75, 3.05) is 6.54 Å². The molecule has 2 nitrogen and oxygen atoms in total. The second kappa shape index (κ2) is 5.39. The van der Waals surface area contributed by atoms with Crippen LogP contribution < -0.4 is 0 Å². The van der Waals surface area contributed by atoms with Crippen LogP contribution in [0.3, 0.4) is 0 Å². The Bertz CT molecular complexity index is 461. The van der Waals surface area contributed by atoms with Gasteiger partial charge in [0.15, 0.2) is 0 Å². The fraction of sp³-hybridized carbons (Fsp3) is 0.500. The molecule has 1 aromatic rings. The van der Waals surface area contributed by atoms with Gasteiger partial charge in [0.05, 0.1) is 0 Å². The molecule has 1 atom stereocenters. The van der Waals surface area contributed by atoms with Crippen LogP contribution in [-0.2, 0) is 11.3 Å². The second-order valence-corrected chi connectivity index (χ2v) is 6.13. The van der Waals surface area contributed by atoms with Gasteiger partial charge in [-0.3, -0.25) is 4.79 Å². The number of likely N-dealkylation sites (tertiary alicyclic amines) is 1. The summed E-state index contributed by atoms with van der Waals surface area (Å²) in [6, 6.07) is 4.98. The predicted molar refractivity (Wildman–Crippen MR) is 72.5 cm³/mol. The molecule has 2 rings (SSSR count). The highest BCUT2D eigenvalue weighted by atomic mass is 79.9. The van der Waals surface area contributed by atoms with Gasteiger partial charge in [0.25, 0.3) is 0 Å². The maximum absolute atomic E-state index is 13.7. The zero-order chi connectivity index (χ0) is 13.3. The third-order valence-electron chi connectivity index (χ3n) is 3.56. The summed E-state index contributed by atoms with van der Waals surface area (Å²) in [6.07, 6.45) is 0.593. The first-order valence-electron chi connectivity index (χ1n) is 6.19. The Morgan fingerprint density at radius 1 is 1.50 bits per heavy atom. The summed E-state index contributed by atoms with van der Waals surface area (Å²) < 4.78 is 14.4. The van der Waals surface area contributed by atoms with E-state index in [2.05, 4.69) is 29.8 Å². The molecule has 1 heterocycles. The molecule has 4 heteroatoms. The van der Waals surface area contributed by atoms with Gasteiger partial charge in [-0.25, -0.2) is 4.39 Å². The van der Waals surface area contributed by atoms with Crippen LogP contribution in [0.2, 0.25) is 0 Å². The quantitative estimate of drug-likeness (QED) is 0.835. The average Bonchev–Trinajstić information content (AvgIpc) is 2.64. The summed E-state index contributed by atoms with van der Waals surface area (Å²) in [6.45, 7) is 5.37. The highest BCUT2D eigenvalue weighted by Crippen LogP contribution is 2.27. The molecule has 0 saturated carbocycles. The van der Waals surface area contributed by atoms with E-state index >= 15 is 0 Å². The number of hydrogen-bond acceptors (Lipinski definition) is 1. The third kappa shape index (κ3) is 2.91. The van der Waals surface area contributed by atoms with Gasteiger partial charge in [0, 0.05) is 29.5 Å². The minimum Gasteiger partial charge on any atom is -0.338 e. The summed E-state index contributed by atoms with van der Waals surface area (Å²) >= 11 is 3.23. The summed E-state index contributed by atoms with van der Waals surface area (Å²) in [7, 11) is 0. The Morgan fingerprint density at radius 3 is 2.78 bits per heavy atom. The van der Waals surface area contributed by atoms with Gasteiger partial charge in [0.2, 0.25) is 5.91 Å². The van der Waals surface area contributed by atoms with Gasteiger partial charge in [-0.2, -0.15) is 0 Å². The number of nitrogens with zero attached hydrogens (tertiary/aromatic N) is 1. The van der Waals surface area contributed by atoms with Gasteiger partial charge in [-0.05, 0) is 24.0 Å². The van der Waals surface area contributed by atoms with E-state index in [1.807, 2.05) is 0 Å². The van der Waals surface area contributed by atoms with E-state index in [1.165, 1.54) is 6.07 Å². The van der Waals surface area contributed by atoms with Crippen LogP contribution in [0.5, 0.6) is 0 Å². The van der Waals surface area contributed by atoms with Crippen molar-refractivity contribution in [1.29, 1.82) is 0 Å². The van der Waals surface area contributed by atoms with Crippen LogP contribution >= 0.6 is 15.9 Å². The normalized spacial score (nSPS) is 19.9. The number of carbonyl (C=O) groups is 1. The monoisotopic (exact) mass is 313 g/mol. The summed E-state index contributed by atoms with van der Waals surface area (Å²) in [5, 5.41) is 0. The zero-order valence-electron chi connectivity index (χ0n) is 10.6. The van der Waals surface area contributed by atoms with Crippen LogP contribution in [-0.4, -0.2) is 17.4 Å². The number of benzene rings is 1. The van der Waals surface area contributed by atoms with Crippen molar-refractivity contribution in [2.45, 2.75) is 26.8 Å². The Hall–Kier alpha value is -0.900. The molecule has 1 saturated heterocycles. The molecule has 0 N–H and O–H groups in total. The minimum absolute atomic E-state index is 0.135. The van der Waals surface area contributed by atoms with E-state index in [-0.39, 0.29) is 11.7 Å². The topological polar surface area (TPSA) is 20.3 Å². The molecule has 1 aliphatic heterocycles. The standard InChI is InChI=1S/C14H17BrFNO/c1-9(2)11-5-14(18)17(8-11)7-10-3-4-12(15)6-13(10)16/h3-4,6,9,11H,5,7-8H2,1-2H3. The lowest BCUT2D eigenvalue weighted by Crippen LogP contribution is -2.25. The van der Waals surface area contributed by atoms with Gasteiger partial charge in [0.1, 0.15) is 5.82 Å². The number of halogens is 2. The van der Waals surface area contributed by atoms with E-state index in [0.29, 0.717) is 30.4 Å².